The predicted octanol–water partition coefficient (Wildman–Crippen LogP) is 5.64. The molecule has 5 aromatic rings. The maximum atomic E-state index is 13.1. The number of carbonyl (C=O) groups excluding carboxylic acids is 1. The van der Waals surface area contributed by atoms with Gasteiger partial charge in [0.15, 0.2) is 5.11 Å². The molecule has 0 aliphatic carbocycles. The van der Waals surface area contributed by atoms with E-state index < -0.39 is 0 Å². The molecular weight excluding hydrogens is 478 g/mol. The van der Waals surface area contributed by atoms with E-state index in [4.69, 9.17) is 12.2 Å². The highest BCUT2D eigenvalue weighted by atomic mass is 32.1. The zero-order chi connectivity index (χ0) is 25.2. The summed E-state index contributed by atoms with van der Waals surface area (Å²) < 4.78 is 2.17. The summed E-state index contributed by atoms with van der Waals surface area (Å²) in [5.74, 6) is -0.133. The van der Waals surface area contributed by atoms with Crippen molar-refractivity contribution in [1.82, 2.24) is 19.8 Å². The molecule has 1 aliphatic rings. The van der Waals surface area contributed by atoms with Crippen molar-refractivity contribution in [2.45, 2.75) is 12.1 Å². The van der Waals surface area contributed by atoms with Gasteiger partial charge in [0.25, 0.3) is 0 Å². The zero-order valence-corrected chi connectivity index (χ0v) is 20.8. The molecule has 6 nitrogen and oxygen atoms in total. The van der Waals surface area contributed by atoms with Gasteiger partial charge in [0.2, 0.25) is 5.91 Å². The lowest BCUT2D eigenvalue weighted by molar-refractivity contribution is -0.116. The van der Waals surface area contributed by atoms with Crippen LogP contribution in [0.3, 0.4) is 0 Å². The number of rotatable bonds is 6. The summed E-state index contributed by atoms with van der Waals surface area (Å²) in [5, 5.41) is 9.30. The van der Waals surface area contributed by atoms with Gasteiger partial charge in [0.1, 0.15) is 6.54 Å². The van der Waals surface area contributed by atoms with Gasteiger partial charge in [-0.2, -0.15) is 0 Å². The predicted molar refractivity (Wildman–Crippen MR) is 151 cm³/mol. The summed E-state index contributed by atoms with van der Waals surface area (Å²) in [7, 11) is 0. The normalized spacial score (nSPS) is 17.1. The number of amides is 1. The molecule has 0 spiro atoms. The van der Waals surface area contributed by atoms with Crippen LogP contribution >= 0.6 is 12.2 Å². The molecule has 1 fully saturated rings. The van der Waals surface area contributed by atoms with E-state index in [0.717, 1.165) is 22.8 Å². The summed E-state index contributed by atoms with van der Waals surface area (Å²) in [6.07, 6.45) is 3.84. The Labute approximate surface area is 220 Å². The van der Waals surface area contributed by atoms with E-state index in [1.54, 1.807) is 6.20 Å². The van der Waals surface area contributed by atoms with Gasteiger partial charge in [0.05, 0.1) is 17.8 Å². The van der Waals surface area contributed by atoms with Crippen molar-refractivity contribution in [1.29, 1.82) is 0 Å². The van der Waals surface area contributed by atoms with Gasteiger partial charge in [-0.1, -0.05) is 54.6 Å². The maximum absolute atomic E-state index is 13.1. The summed E-state index contributed by atoms with van der Waals surface area (Å²) in [5.41, 5.74) is 3.69. The third-order valence-corrected chi connectivity index (χ3v) is 7.02. The van der Waals surface area contributed by atoms with Crippen molar-refractivity contribution in [2.24, 2.45) is 0 Å². The number of nitrogens with one attached hydrogen (secondary N) is 2. The molecule has 7 heteroatoms. The summed E-state index contributed by atoms with van der Waals surface area (Å²) in [6, 6.07) is 33.7. The number of nitrogens with zero attached hydrogens (tertiary/aromatic N) is 3. The molecule has 182 valence electrons. The minimum atomic E-state index is -0.245. The van der Waals surface area contributed by atoms with Crippen LogP contribution in [0, 0.1) is 0 Å². The Morgan fingerprint density at radius 3 is 2.49 bits per heavy atom. The Hall–Kier alpha value is -4.49. The molecule has 2 atom stereocenters. The molecule has 3 heterocycles. The van der Waals surface area contributed by atoms with E-state index in [2.05, 4.69) is 62.8 Å². The second kappa shape index (κ2) is 9.87. The van der Waals surface area contributed by atoms with E-state index in [0.29, 0.717) is 5.11 Å². The number of para-hydroxylation sites is 1. The molecule has 1 amide bonds. The van der Waals surface area contributed by atoms with Crippen molar-refractivity contribution in [2.75, 3.05) is 11.9 Å². The number of pyridine rings is 1. The Kier molecular flexibility index (Phi) is 6.12. The Bertz CT molecular complexity index is 1570. The van der Waals surface area contributed by atoms with Crippen molar-refractivity contribution in [3.63, 3.8) is 0 Å². The number of thiocarbonyl (C=S) groups is 1. The van der Waals surface area contributed by atoms with E-state index in [1.165, 1.54) is 10.8 Å². The van der Waals surface area contributed by atoms with Crippen LogP contribution in [0.5, 0.6) is 0 Å². The fourth-order valence-electron chi connectivity index (χ4n) is 4.97. The van der Waals surface area contributed by atoms with Crippen LogP contribution in [-0.4, -0.2) is 32.0 Å². The van der Waals surface area contributed by atoms with Gasteiger partial charge in [-0.3, -0.25) is 9.78 Å². The Morgan fingerprint density at radius 1 is 0.892 bits per heavy atom. The van der Waals surface area contributed by atoms with Crippen molar-refractivity contribution in [3.8, 4) is 5.69 Å². The monoisotopic (exact) mass is 503 g/mol. The van der Waals surface area contributed by atoms with Crippen LogP contribution < -0.4 is 10.6 Å². The van der Waals surface area contributed by atoms with Crippen molar-refractivity contribution in [3.05, 3.63) is 127 Å². The molecule has 2 N–H and O–H groups in total. The minimum absolute atomic E-state index is 0.109. The Balaban J connectivity index is 1.39. The lowest BCUT2D eigenvalue weighted by atomic mass is 10.0. The largest absolute Gasteiger partial charge is 0.352 e. The molecular formula is C30H25N5OS. The van der Waals surface area contributed by atoms with Gasteiger partial charge in [-0.05, 0) is 71.5 Å². The first-order valence-electron chi connectivity index (χ1n) is 12.2. The Morgan fingerprint density at radius 2 is 1.68 bits per heavy atom. The van der Waals surface area contributed by atoms with Crippen LogP contribution in [0.15, 0.2) is 116 Å². The number of benzene rings is 3. The number of carbonyl (C=O) groups is 1. The van der Waals surface area contributed by atoms with Crippen LogP contribution in [0.25, 0.3) is 16.5 Å². The molecule has 37 heavy (non-hydrogen) atoms. The van der Waals surface area contributed by atoms with E-state index in [1.807, 2.05) is 71.6 Å². The highest BCUT2D eigenvalue weighted by Crippen LogP contribution is 2.39. The lowest BCUT2D eigenvalue weighted by Gasteiger charge is -2.28. The standard InChI is InChI=1S/C30H25N5OS/c36-27(32-23-11-2-1-3-12-23)20-35-29(28(33-30(35)37)25-13-6-7-17-31-25)26-14-8-18-34(26)24-16-15-21-9-4-5-10-22(21)19-24/h1-19,28-29H,20H2,(H,32,36)(H,33,37)/t28-,29+/m0/s1. The third kappa shape index (κ3) is 4.57. The summed E-state index contributed by atoms with van der Waals surface area (Å²) in [6.45, 7) is 0.109. The second-order valence-corrected chi connectivity index (χ2v) is 9.39. The van der Waals surface area contributed by atoms with Gasteiger partial charge >= 0.3 is 0 Å². The van der Waals surface area contributed by atoms with Gasteiger partial charge < -0.3 is 20.1 Å². The summed E-state index contributed by atoms with van der Waals surface area (Å²) >= 11 is 5.77. The van der Waals surface area contributed by atoms with Gasteiger partial charge in [-0.25, -0.2) is 0 Å². The molecule has 0 bridgehead atoms. The molecule has 6 rings (SSSR count). The van der Waals surface area contributed by atoms with Gasteiger partial charge in [-0.15, -0.1) is 0 Å². The first-order valence-corrected chi connectivity index (χ1v) is 12.6. The van der Waals surface area contributed by atoms with Crippen molar-refractivity contribution < 1.29 is 4.79 Å². The van der Waals surface area contributed by atoms with E-state index >= 15 is 0 Å². The fourth-order valence-corrected chi connectivity index (χ4v) is 5.28. The average molecular weight is 504 g/mol. The number of aromatic nitrogens is 2. The number of hydrogen-bond acceptors (Lipinski definition) is 3. The van der Waals surface area contributed by atoms with E-state index in [9.17, 15) is 4.79 Å². The van der Waals surface area contributed by atoms with Crippen molar-refractivity contribution >= 4 is 39.7 Å². The number of hydrogen-bond donors (Lipinski definition) is 2. The third-order valence-electron chi connectivity index (χ3n) is 6.66. The van der Waals surface area contributed by atoms with Crippen LogP contribution in [0.1, 0.15) is 23.5 Å². The smallest absolute Gasteiger partial charge is 0.244 e. The zero-order valence-electron chi connectivity index (χ0n) is 20.0. The highest BCUT2D eigenvalue weighted by Gasteiger charge is 2.42. The van der Waals surface area contributed by atoms with Gasteiger partial charge in [0, 0.05) is 29.5 Å². The lowest BCUT2D eigenvalue weighted by Crippen LogP contribution is -2.37. The average Bonchev–Trinajstić information content (AvgIpc) is 3.54. The maximum Gasteiger partial charge on any atom is 0.244 e. The highest BCUT2D eigenvalue weighted by molar-refractivity contribution is 7.80. The second-order valence-electron chi connectivity index (χ2n) is 9.00. The molecule has 0 saturated carbocycles. The van der Waals surface area contributed by atoms with Crippen LogP contribution in [-0.2, 0) is 4.79 Å². The first-order chi connectivity index (χ1) is 18.2. The molecule has 2 aromatic heterocycles. The summed E-state index contributed by atoms with van der Waals surface area (Å²) in [4.78, 5) is 19.7. The van der Waals surface area contributed by atoms with E-state index in [-0.39, 0.29) is 24.5 Å². The topological polar surface area (TPSA) is 62.2 Å². The first kappa shape index (κ1) is 22.9. The minimum Gasteiger partial charge on any atom is -0.352 e. The molecule has 0 radical (unpaired) electrons. The fraction of sp³-hybridized carbons (Fsp3) is 0.100. The molecule has 3 aromatic carbocycles. The van der Waals surface area contributed by atoms with Crippen LogP contribution in [0.2, 0.25) is 0 Å². The van der Waals surface area contributed by atoms with Crippen LogP contribution in [0.4, 0.5) is 5.69 Å². The molecule has 1 aliphatic heterocycles. The quantitative estimate of drug-likeness (QED) is 0.294. The number of fused-ring (bicyclic) bond motifs is 1. The molecule has 0 unspecified atom stereocenters. The SMILES string of the molecule is O=C(CN1C(=S)N[C@@H](c2ccccn2)[C@H]1c1cccn1-c1ccc2ccccc2c1)Nc1ccccc1. The molecule has 1 saturated heterocycles. The number of anilines is 1.